The summed E-state index contributed by atoms with van der Waals surface area (Å²) in [7, 11) is 0. The third kappa shape index (κ3) is 25.5. The molecule has 0 fully saturated rings. The molecule has 6 aromatic rings. The van der Waals surface area contributed by atoms with Crippen LogP contribution in [0.5, 0.6) is 0 Å². The van der Waals surface area contributed by atoms with Gasteiger partial charge in [0.1, 0.15) is 66.5 Å². The molecule has 107 heavy (non-hydrogen) atoms. The minimum Gasteiger partial charge on any atom is -0.391 e. The number of hydrogen-bond donors (Lipinski definition) is 21. The third-order valence-corrected chi connectivity index (χ3v) is 18.7. The number of aromatic nitrogens is 12. The van der Waals surface area contributed by atoms with Crippen LogP contribution in [0.1, 0.15) is 129 Å². The van der Waals surface area contributed by atoms with Gasteiger partial charge in [-0.1, -0.05) is 81.1 Å². The van der Waals surface area contributed by atoms with E-state index in [0.29, 0.717) is 47.0 Å². The van der Waals surface area contributed by atoms with Crippen molar-refractivity contribution in [1.29, 1.82) is 0 Å². The highest BCUT2D eigenvalue weighted by molar-refractivity contribution is 6.00. The van der Waals surface area contributed by atoms with Crippen LogP contribution in [0.4, 0.5) is 0 Å². The molecule has 12 amide bonds. The molecule has 0 aliphatic rings. The Hall–Kier alpha value is -11.2. The fraction of sp³-hybridized carbons (Fsp3) is 0.559. The number of H-pyrrole nitrogens is 6. The van der Waals surface area contributed by atoms with Crippen LogP contribution in [0.3, 0.4) is 0 Å². The van der Waals surface area contributed by atoms with Gasteiger partial charge in [-0.25, -0.2) is 29.9 Å². The van der Waals surface area contributed by atoms with E-state index in [-0.39, 0.29) is 51.4 Å². The molecule has 584 valence electrons. The van der Waals surface area contributed by atoms with Gasteiger partial charge in [-0.3, -0.25) is 57.5 Å². The summed E-state index contributed by atoms with van der Waals surface area (Å²) in [4.78, 5) is 213. The highest BCUT2D eigenvalue weighted by atomic mass is 16.3. The first-order valence-corrected chi connectivity index (χ1v) is 35.5. The molecule has 6 aromatic heterocycles. The Labute approximate surface area is 617 Å². The van der Waals surface area contributed by atoms with Crippen LogP contribution in [0, 0.1) is 23.7 Å². The van der Waals surface area contributed by atoms with Gasteiger partial charge >= 0.3 is 0 Å². The summed E-state index contributed by atoms with van der Waals surface area (Å²) in [6.45, 7) is 16.1. The maximum Gasteiger partial charge on any atom is 0.245 e. The fourth-order valence-corrected chi connectivity index (χ4v) is 11.3. The predicted octanol–water partition coefficient (Wildman–Crippen LogP) is -4.13. The van der Waals surface area contributed by atoms with Gasteiger partial charge < -0.3 is 110 Å². The third-order valence-electron chi connectivity index (χ3n) is 18.7. The van der Waals surface area contributed by atoms with E-state index >= 15 is 4.79 Å². The van der Waals surface area contributed by atoms with Gasteiger partial charge in [0.25, 0.3) is 0 Å². The van der Waals surface area contributed by atoms with Crippen molar-refractivity contribution in [2.24, 2.45) is 35.1 Å². The molecular weight excluding hydrogens is 1390 g/mol. The van der Waals surface area contributed by atoms with Crippen molar-refractivity contribution in [3.05, 3.63) is 109 Å². The lowest BCUT2D eigenvalue weighted by atomic mass is 9.93. The molecule has 0 saturated carbocycles. The summed E-state index contributed by atoms with van der Waals surface area (Å²) >= 11 is 0. The molecule has 0 aliphatic carbocycles. The van der Waals surface area contributed by atoms with E-state index in [1.54, 1.807) is 55.4 Å². The molecule has 0 spiro atoms. The Balaban J connectivity index is 1.22. The Morgan fingerprint density at radius 3 is 0.720 bits per heavy atom. The molecule has 0 bridgehead atoms. The van der Waals surface area contributed by atoms with Crippen LogP contribution in [0.25, 0.3) is 0 Å². The predicted molar refractivity (Wildman–Crippen MR) is 383 cm³/mol. The number of amides is 12. The van der Waals surface area contributed by atoms with Gasteiger partial charge in [-0.2, -0.15) is 0 Å². The van der Waals surface area contributed by atoms with Crippen LogP contribution in [-0.4, -0.2) is 226 Å². The number of aromatic amines is 6. The van der Waals surface area contributed by atoms with E-state index in [9.17, 15) is 63.0 Å². The van der Waals surface area contributed by atoms with E-state index in [1.165, 1.54) is 89.0 Å². The van der Waals surface area contributed by atoms with E-state index in [0.717, 1.165) is 0 Å². The number of hydrogen-bond acceptors (Lipinski definition) is 21. The van der Waals surface area contributed by atoms with Crippen molar-refractivity contribution < 1.29 is 67.7 Å². The van der Waals surface area contributed by atoms with Gasteiger partial charge in [0.15, 0.2) is 0 Å². The van der Waals surface area contributed by atoms with Crippen molar-refractivity contribution in [3.63, 3.8) is 0 Å². The van der Waals surface area contributed by atoms with Crippen LogP contribution in [0.15, 0.2) is 75.1 Å². The van der Waals surface area contributed by atoms with E-state index in [2.05, 4.69) is 118 Å². The molecule has 6 heterocycles. The lowest BCUT2D eigenvalue weighted by Crippen LogP contribution is -2.64. The van der Waals surface area contributed by atoms with Crippen molar-refractivity contribution in [3.8, 4) is 0 Å². The monoisotopic (exact) mass is 1490 g/mol. The van der Waals surface area contributed by atoms with Gasteiger partial charge in [0.2, 0.25) is 70.9 Å². The maximum atomic E-state index is 15.0. The van der Waals surface area contributed by atoms with Crippen LogP contribution < -0.4 is 70.0 Å². The second-order valence-corrected chi connectivity index (χ2v) is 26.9. The molecule has 39 heteroatoms. The van der Waals surface area contributed by atoms with E-state index in [4.69, 9.17) is 11.5 Å². The quantitative estimate of drug-likeness (QED) is 0.0173. The van der Waals surface area contributed by atoms with Crippen LogP contribution in [0.2, 0.25) is 0 Å². The Kier molecular flexibility index (Phi) is 32.8. The number of nitrogens with two attached hydrogens (primary N) is 2. The standard InChI is InChI=1S/C68H103N25O14/c1-11-33(5)51(64(103)90-54(36(8)14-4)67(106)93-56(38(10)95)68(107)91-52(34(6)12-2)65(104)89-53(35(7)13-3)66(105)92-55(37(9)94)57(70)96)88-63(102)50(20-44-26-76-32-82-44)87-62(101)49(19-43-25-75-31-81-43)86-61(100)48(18-42-24-74-30-80-42)85-60(99)47(17-41-23-73-29-79-41)84-59(98)46(16-40-22-72-28-78-40)83-58(97)45(69)15-39-21-71-27-77-39/h21-38,45-56,94-95H,11-20,69H2,1-10H3,(H2,70,96)(H,71,77)(H,72,78)(H,73,79)(H,74,80)(H,75,81)(H,76,82)(H,83,97)(H,84,98)(H,85,99)(H,86,100)(H,87,101)(H,88,102)(H,89,104)(H,90,103)(H,91,107)(H,92,105)(H,93,106)/t33-,34-,35-,36-,37+,38+,45-,46-,47-,48-,49-,50-,51-,52-,53-,54-,55-,56-/m0/s1. The zero-order valence-electron chi connectivity index (χ0n) is 61.5. The Morgan fingerprint density at radius 1 is 0.308 bits per heavy atom. The minimum absolute atomic E-state index is 0.0472. The molecule has 6 rings (SSSR count). The number of primary amides is 1. The lowest BCUT2D eigenvalue weighted by Gasteiger charge is -2.32. The molecule has 0 aromatic carbocycles. The second-order valence-electron chi connectivity index (χ2n) is 26.9. The molecule has 0 radical (unpaired) electrons. The second kappa shape index (κ2) is 41.5. The number of nitrogens with one attached hydrogen (secondary N) is 17. The molecule has 18 atom stereocenters. The zero-order chi connectivity index (χ0) is 78.6. The average Bonchev–Trinajstić information content (AvgIpc) is 1.26. The van der Waals surface area contributed by atoms with Crippen molar-refractivity contribution in [2.75, 3.05) is 0 Å². The zero-order valence-corrected chi connectivity index (χ0v) is 61.5. The van der Waals surface area contributed by atoms with Crippen molar-refractivity contribution in [1.82, 2.24) is 118 Å². The number of aliphatic hydroxyl groups excluding tert-OH is 2. The lowest BCUT2D eigenvalue weighted by molar-refractivity contribution is -0.138. The topological polar surface area (TPSA) is 602 Å². The summed E-state index contributed by atoms with van der Waals surface area (Å²) < 4.78 is 0. The highest BCUT2D eigenvalue weighted by Gasteiger charge is 2.41. The Bertz CT molecular complexity index is 3800. The molecule has 0 saturated heterocycles. The van der Waals surface area contributed by atoms with Gasteiger partial charge in [-0.15, -0.1) is 0 Å². The average molecular weight is 1490 g/mol. The van der Waals surface area contributed by atoms with Crippen molar-refractivity contribution in [2.45, 2.75) is 218 Å². The summed E-state index contributed by atoms with van der Waals surface area (Å²) in [6.07, 6.45) is 14.0. The number of aliphatic hydroxyl groups is 2. The number of imidazole rings is 6. The normalized spacial score (nSPS) is 16.5. The molecule has 23 N–H and O–H groups in total. The maximum absolute atomic E-state index is 15.0. The summed E-state index contributed by atoms with van der Waals surface area (Å²) in [6, 6.07) is -17.2. The largest absolute Gasteiger partial charge is 0.391 e. The van der Waals surface area contributed by atoms with E-state index < -0.39 is 179 Å². The van der Waals surface area contributed by atoms with E-state index in [1.807, 2.05) is 0 Å². The van der Waals surface area contributed by atoms with Crippen LogP contribution in [-0.2, 0) is 96.1 Å². The minimum atomic E-state index is -1.74. The van der Waals surface area contributed by atoms with Gasteiger partial charge in [0, 0.05) is 110 Å². The molecular formula is C68H103N25O14. The fourth-order valence-electron chi connectivity index (χ4n) is 11.3. The smallest absolute Gasteiger partial charge is 0.245 e. The molecule has 0 aliphatic heterocycles. The summed E-state index contributed by atoms with van der Waals surface area (Å²) in [5.41, 5.74) is 14.1. The summed E-state index contributed by atoms with van der Waals surface area (Å²) in [5.74, 6) is -13.1. The first kappa shape index (κ1) is 84.7. The van der Waals surface area contributed by atoms with Gasteiger partial charge in [0.05, 0.1) is 56.2 Å². The van der Waals surface area contributed by atoms with Crippen LogP contribution >= 0.6 is 0 Å². The molecule has 39 nitrogen and oxygen atoms in total. The Morgan fingerprint density at radius 2 is 0.505 bits per heavy atom. The first-order valence-electron chi connectivity index (χ1n) is 35.5. The SMILES string of the molecule is CC[C@H](C)[C@H](NC(=O)[C@H](Cc1cnc[nH]1)NC(=O)[C@H](Cc1cnc[nH]1)NC(=O)[C@H](Cc1cnc[nH]1)NC(=O)[C@H](Cc1cnc[nH]1)NC(=O)[C@H](Cc1cnc[nH]1)NC(=O)[C@@H](N)Cc1cnc[nH]1)C(=O)N[C@H](C(=O)N[C@H](C(=O)N[C@H](C(=O)N[C@H](C(=O)N[C@H](C(N)=O)[C@@H](C)O)[C@@H](C)CC)[C@@H](C)CC)[C@@H](C)O)[C@@H](C)CC. The van der Waals surface area contributed by atoms with Gasteiger partial charge in [-0.05, 0) is 37.5 Å². The number of nitrogens with zero attached hydrogens (tertiary/aromatic N) is 6. The number of carbonyl (C=O) groups excluding carboxylic acids is 12. The highest BCUT2D eigenvalue weighted by Crippen LogP contribution is 2.18. The van der Waals surface area contributed by atoms with Crippen molar-refractivity contribution >= 4 is 70.9 Å². The molecule has 0 unspecified atom stereocenters. The number of carbonyl (C=O) groups is 12. The first-order chi connectivity index (χ1) is 50.9. The summed E-state index contributed by atoms with van der Waals surface area (Å²) in [5, 5.41) is 50.6. The number of rotatable bonds is 45.